The molecule has 3 heteroatoms. The first-order valence-corrected chi connectivity index (χ1v) is 6.93. The van der Waals surface area contributed by atoms with Crippen molar-refractivity contribution in [1.82, 2.24) is 10.2 Å². The molecule has 0 saturated carbocycles. The number of nitrogens with one attached hydrogen (secondary N) is 1. The Balaban J connectivity index is 1.90. The Morgan fingerprint density at radius 1 is 1.12 bits per heavy atom. The summed E-state index contributed by atoms with van der Waals surface area (Å²) in [7, 11) is 2.21. The number of nitrogens with zero attached hydrogens (tertiary/aromatic N) is 1. The Bertz CT molecular complexity index is 267. The van der Waals surface area contributed by atoms with Gasteiger partial charge in [-0.05, 0) is 67.1 Å². The fourth-order valence-electron chi connectivity index (χ4n) is 3.28. The topological polar surface area (TPSA) is 24.5 Å². The molecule has 3 nitrogen and oxygen atoms in total. The number of piperidine rings is 1. The van der Waals surface area contributed by atoms with Crippen LogP contribution >= 0.6 is 0 Å². The minimum atomic E-state index is -0.0349. The van der Waals surface area contributed by atoms with Crippen molar-refractivity contribution in [2.75, 3.05) is 20.1 Å². The predicted molar refractivity (Wildman–Crippen MR) is 71.3 cm³/mol. The highest BCUT2D eigenvalue weighted by atomic mass is 16.5. The quantitative estimate of drug-likeness (QED) is 0.799. The zero-order valence-electron chi connectivity index (χ0n) is 12.0. The average Bonchev–Trinajstić information content (AvgIpc) is 2.38. The first-order valence-electron chi connectivity index (χ1n) is 6.93. The van der Waals surface area contributed by atoms with Crippen molar-refractivity contribution >= 4 is 0 Å². The van der Waals surface area contributed by atoms with Crippen molar-refractivity contribution in [1.29, 1.82) is 0 Å². The van der Waals surface area contributed by atoms with Crippen LogP contribution in [-0.2, 0) is 4.74 Å². The van der Waals surface area contributed by atoms with Gasteiger partial charge >= 0.3 is 0 Å². The average molecular weight is 240 g/mol. The Kier molecular flexibility index (Phi) is 3.54. The van der Waals surface area contributed by atoms with Crippen molar-refractivity contribution in [2.45, 2.75) is 70.2 Å². The smallest absolute Gasteiger partial charge is 0.0787 e. The van der Waals surface area contributed by atoms with E-state index in [4.69, 9.17) is 4.74 Å². The predicted octanol–water partition coefficient (Wildman–Crippen LogP) is 2.02. The van der Waals surface area contributed by atoms with Crippen LogP contribution in [0.15, 0.2) is 0 Å². The van der Waals surface area contributed by atoms with Gasteiger partial charge in [-0.15, -0.1) is 0 Å². The van der Waals surface area contributed by atoms with Gasteiger partial charge in [0.05, 0.1) is 11.2 Å². The van der Waals surface area contributed by atoms with Gasteiger partial charge in [0.2, 0.25) is 0 Å². The molecule has 2 aliphatic rings. The number of likely N-dealkylation sites (tertiary alicyclic amines) is 1. The minimum Gasteiger partial charge on any atom is -0.368 e. The molecule has 2 aliphatic heterocycles. The van der Waals surface area contributed by atoms with E-state index in [2.05, 4.69) is 45.0 Å². The summed E-state index contributed by atoms with van der Waals surface area (Å²) in [6.07, 6.45) is 3.65. The fraction of sp³-hybridized carbons (Fsp3) is 1.00. The van der Waals surface area contributed by atoms with Crippen LogP contribution in [0, 0.1) is 0 Å². The normalized spacial score (nSPS) is 34.1. The molecule has 2 saturated heterocycles. The highest BCUT2D eigenvalue weighted by Crippen LogP contribution is 2.37. The molecule has 0 spiro atoms. The van der Waals surface area contributed by atoms with E-state index in [-0.39, 0.29) is 11.2 Å². The molecule has 100 valence electrons. The van der Waals surface area contributed by atoms with E-state index in [1.807, 2.05) is 0 Å². The van der Waals surface area contributed by atoms with Gasteiger partial charge in [0.15, 0.2) is 0 Å². The lowest BCUT2D eigenvalue weighted by atomic mass is 9.92. The fourth-order valence-corrected chi connectivity index (χ4v) is 3.28. The molecule has 0 aromatic heterocycles. The van der Waals surface area contributed by atoms with Crippen LogP contribution in [0.25, 0.3) is 0 Å². The van der Waals surface area contributed by atoms with Crippen molar-refractivity contribution in [3.05, 3.63) is 0 Å². The van der Waals surface area contributed by atoms with Crippen LogP contribution in [0.3, 0.4) is 0 Å². The highest BCUT2D eigenvalue weighted by Gasteiger charge is 2.46. The summed E-state index contributed by atoms with van der Waals surface area (Å²) >= 11 is 0. The van der Waals surface area contributed by atoms with E-state index in [0.29, 0.717) is 12.1 Å². The maximum Gasteiger partial charge on any atom is 0.0787 e. The lowest BCUT2D eigenvalue weighted by Gasteiger charge is -2.35. The molecule has 0 amide bonds. The molecule has 2 rings (SSSR count). The van der Waals surface area contributed by atoms with Crippen LogP contribution < -0.4 is 5.32 Å². The lowest BCUT2D eigenvalue weighted by Crippen LogP contribution is -2.51. The van der Waals surface area contributed by atoms with E-state index in [1.54, 1.807) is 0 Å². The SMILES string of the molecule is CN1CCC(NC2CC(C)(C)OC2(C)C)CC1. The number of hydrogen-bond acceptors (Lipinski definition) is 3. The van der Waals surface area contributed by atoms with Gasteiger partial charge in [-0.1, -0.05) is 0 Å². The van der Waals surface area contributed by atoms with Crippen LogP contribution in [0.4, 0.5) is 0 Å². The summed E-state index contributed by atoms with van der Waals surface area (Å²) < 4.78 is 6.14. The van der Waals surface area contributed by atoms with Gasteiger partial charge < -0.3 is 15.0 Å². The Labute approximate surface area is 106 Å². The van der Waals surface area contributed by atoms with E-state index in [0.717, 1.165) is 6.42 Å². The summed E-state index contributed by atoms with van der Waals surface area (Å²) in [5.74, 6) is 0. The van der Waals surface area contributed by atoms with E-state index in [1.165, 1.54) is 25.9 Å². The van der Waals surface area contributed by atoms with Gasteiger partial charge in [-0.3, -0.25) is 0 Å². The number of rotatable bonds is 2. The zero-order chi connectivity index (χ0) is 12.7. The third-order valence-electron chi connectivity index (χ3n) is 4.23. The zero-order valence-corrected chi connectivity index (χ0v) is 12.0. The summed E-state index contributed by atoms with van der Waals surface area (Å²) in [5.41, 5.74) is -0.0144. The van der Waals surface area contributed by atoms with Crippen LogP contribution in [-0.4, -0.2) is 48.3 Å². The molecule has 0 radical (unpaired) electrons. The molecule has 0 aliphatic carbocycles. The molecule has 17 heavy (non-hydrogen) atoms. The van der Waals surface area contributed by atoms with Crippen molar-refractivity contribution in [2.24, 2.45) is 0 Å². The summed E-state index contributed by atoms with van der Waals surface area (Å²) in [6.45, 7) is 11.3. The van der Waals surface area contributed by atoms with Crippen molar-refractivity contribution in [3.63, 3.8) is 0 Å². The molecule has 1 atom stereocenters. The summed E-state index contributed by atoms with van der Waals surface area (Å²) in [4.78, 5) is 2.42. The molecule has 2 fully saturated rings. The molecule has 1 unspecified atom stereocenters. The summed E-state index contributed by atoms with van der Waals surface area (Å²) in [6, 6.07) is 1.17. The van der Waals surface area contributed by atoms with Crippen LogP contribution in [0.1, 0.15) is 47.0 Å². The lowest BCUT2D eigenvalue weighted by molar-refractivity contribution is -0.0707. The second kappa shape index (κ2) is 4.52. The van der Waals surface area contributed by atoms with Gasteiger partial charge in [-0.25, -0.2) is 0 Å². The second-order valence-corrected chi connectivity index (χ2v) is 6.97. The maximum atomic E-state index is 6.14. The van der Waals surface area contributed by atoms with Gasteiger partial charge in [-0.2, -0.15) is 0 Å². The van der Waals surface area contributed by atoms with Crippen LogP contribution in [0.5, 0.6) is 0 Å². The first-order chi connectivity index (χ1) is 7.78. The molecule has 1 N–H and O–H groups in total. The first kappa shape index (κ1) is 13.3. The molecule has 0 aromatic rings. The number of hydrogen-bond donors (Lipinski definition) is 1. The largest absolute Gasteiger partial charge is 0.368 e. The maximum absolute atomic E-state index is 6.14. The third kappa shape index (κ3) is 3.21. The van der Waals surface area contributed by atoms with Gasteiger partial charge in [0.1, 0.15) is 0 Å². The minimum absolute atomic E-state index is 0.0205. The molecule has 2 heterocycles. The number of ether oxygens (including phenoxy) is 1. The van der Waals surface area contributed by atoms with E-state index < -0.39 is 0 Å². The highest BCUT2D eigenvalue weighted by molar-refractivity contribution is 5.00. The molecular formula is C14H28N2O. The molecular weight excluding hydrogens is 212 g/mol. The van der Waals surface area contributed by atoms with Crippen LogP contribution in [0.2, 0.25) is 0 Å². The Morgan fingerprint density at radius 2 is 1.71 bits per heavy atom. The monoisotopic (exact) mass is 240 g/mol. The van der Waals surface area contributed by atoms with E-state index >= 15 is 0 Å². The van der Waals surface area contributed by atoms with Crippen molar-refractivity contribution in [3.8, 4) is 0 Å². The van der Waals surface area contributed by atoms with Gasteiger partial charge in [0, 0.05) is 12.1 Å². The molecule has 0 bridgehead atoms. The molecule has 0 aromatic carbocycles. The Morgan fingerprint density at radius 3 is 2.18 bits per heavy atom. The Hall–Kier alpha value is -0.120. The van der Waals surface area contributed by atoms with Crippen molar-refractivity contribution < 1.29 is 4.74 Å². The van der Waals surface area contributed by atoms with E-state index in [9.17, 15) is 0 Å². The van der Waals surface area contributed by atoms with Gasteiger partial charge in [0.25, 0.3) is 0 Å². The standard InChI is InChI=1S/C14H28N2O/c1-13(2)10-12(14(3,4)17-13)15-11-6-8-16(5)9-7-11/h11-12,15H,6-10H2,1-5H3. The summed E-state index contributed by atoms with van der Waals surface area (Å²) in [5, 5.41) is 3.83. The third-order valence-corrected chi connectivity index (χ3v) is 4.23. The second-order valence-electron chi connectivity index (χ2n) is 6.97.